The van der Waals surface area contributed by atoms with Gasteiger partial charge in [0.2, 0.25) is 0 Å². The average molecular weight is 468 g/mol. The lowest BCUT2D eigenvalue weighted by Crippen LogP contribution is -2.24. The Morgan fingerprint density at radius 1 is 0.971 bits per heavy atom. The minimum Gasteiger partial charge on any atom is -0.321 e. The van der Waals surface area contributed by atoms with E-state index in [1.807, 2.05) is 67.6 Å². The summed E-state index contributed by atoms with van der Waals surface area (Å²) in [7, 11) is 0. The number of Topliss-reactive ketones (excluding diaryl/α,β-unsaturated/α-hetero) is 1. The first kappa shape index (κ1) is 21.7. The highest BCUT2D eigenvalue weighted by Crippen LogP contribution is 2.28. The van der Waals surface area contributed by atoms with Crippen LogP contribution in [0.15, 0.2) is 77.9 Å². The molecule has 0 saturated heterocycles. The van der Waals surface area contributed by atoms with E-state index in [0.29, 0.717) is 26.2 Å². The molecule has 0 radical (unpaired) electrons. The van der Waals surface area contributed by atoms with Crippen LogP contribution < -0.4 is 10.9 Å². The molecule has 168 valence electrons. The number of nitrogens with zero attached hydrogens (tertiary/aromatic N) is 2. The van der Waals surface area contributed by atoms with Crippen molar-refractivity contribution in [2.75, 3.05) is 5.32 Å². The second-order valence-electron chi connectivity index (χ2n) is 8.17. The van der Waals surface area contributed by atoms with Crippen LogP contribution in [0.5, 0.6) is 0 Å². The number of thiophene rings is 1. The van der Waals surface area contributed by atoms with Gasteiger partial charge in [-0.25, -0.2) is 4.98 Å². The van der Waals surface area contributed by atoms with Crippen LogP contribution in [0.2, 0.25) is 0 Å². The predicted octanol–water partition coefficient (Wildman–Crippen LogP) is 5.36. The molecule has 3 aromatic carbocycles. The number of nitrogens with one attached hydrogen (secondary N) is 1. The number of aryl methyl sites for hydroxylation is 2. The number of rotatable bonds is 5. The van der Waals surface area contributed by atoms with E-state index in [-0.39, 0.29) is 23.8 Å². The molecule has 7 heteroatoms. The minimum atomic E-state index is -0.331. The monoisotopic (exact) mass is 467 g/mol. The Bertz CT molecular complexity index is 1650. The summed E-state index contributed by atoms with van der Waals surface area (Å²) in [5.74, 6) is -0.465. The largest absolute Gasteiger partial charge is 0.321 e. The normalized spacial score (nSPS) is 11.1. The molecule has 6 nitrogen and oxygen atoms in total. The first-order valence-corrected chi connectivity index (χ1v) is 11.6. The number of amides is 1. The molecule has 0 unspecified atom stereocenters. The summed E-state index contributed by atoms with van der Waals surface area (Å²) in [5, 5.41) is 5.29. The zero-order chi connectivity index (χ0) is 23.8. The molecule has 1 amide bonds. The van der Waals surface area contributed by atoms with E-state index in [2.05, 4.69) is 10.3 Å². The lowest BCUT2D eigenvalue weighted by Gasteiger charge is -2.07. The first-order valence-electron chi connectivity index (χ1n) is 10.8. The summed E-state index contributed by atoms with van der Waals surface area (Å²) in [4.78, 5) is 44.4. The van der Waals surface area contributed by atoms with Crippen molar-refractivity contribution in [2.45, 2.75) is 20.4 Å². The molecule has 0 fully saturated rings. The summed E-state index contributed by atoms with van der Waals surface area (Å²) in [6.07, 6.45) is 1.38. The van der Waals surface area contributed by atoms with Gasteiger partial charge in [0.15, 0.2) is 5.78 Å². The average Bonchev–Trinajstić information content (AvgIpc) is 3.19. The zero-order valence-electron chi connectivity index (χ0n) is 18.7. The van der Waals surface area contributed by atoms with Crippen molar-refractivity contribution >= 4 is 49.7 Å². The second kappa shape index (κ2) is 8.68. The van der Waals surface area contributed by atoms with E-state index < -0.39 is 0 Å². The molecule has 34 heavy (non-hydrogen) atoms. The molecule has 0 spiro atoms. The molecule has 0 bridgehead atoms. The van der Waals surface area contributed by atoms with Gasteiger partial charge in [-0.1, -0.05) is 54.6 Å². The van der Waals surface area contributed by atoms with Gasteiger partial charge in [-0.05, 0) is 47.9 Å². The third-order valence-corrected chi connectivity index (χ3v) is 7.10. The van der Waals surface area contributed by atoms with Crippen molar-refractivity contribution in [2.24, 2.45) is 0 Å². The summed E-state index contributed by atoms with van der Waals surface area (Å²) in [6.45, 7) is 3.53. The van der Waals surface area contributed by atoms with E-state index in [1.54, 1.807) is 13.0 Å². The molecule has 0 aliphatic heterocycles. The van der Waals surface area contributed by atoms with Crippen LogP contribution in [0, 0.1) is 13.8 Å². The molecule has 0 aliphatic carbocycles. The van der Waals surface area contributed by atoms with E-state index in [4.69, 9.17) is 0 Å². The second-order valence-corrected chi connectivity index (χ2v) is 9.17. The number of ketones is 1. The van der Waals surface area contributed by atoms with Gasteiger partial charge in [0.1, 0.15) is 4.83 Å². The number of carbonyl (C=O) groups excluding carboxylic acids is 2. The van der Waals surface area contributed by atoms with Gasteiger partial charge in [0.25, 0.3) is 11.5 Å². The van der Waals surface area contributed by atoms with Crippen LogP contribution >= 0.6 is 11.3 Å². The Hall–Kier alpha value is -4.10. The molecule has 0 aliphatic rings. The maximum Gasteiger partial charge on any atom is 0.266 e. The predicted molar refractivity (Wildman–Crippen MR) is 136 cm³/mol. The van der Waals surface area contributed by atoms with Gasteiger partial charge in [-0.3, -0.25) is 19.0 Å². The lowest BCUT2D eigenvalue weighted by molar-refractivity contribution is 0.0969. The van der Waals surface area contributed by atoms with Crippen LogP contribution in [-0.2, 0) is 6.54 Å². The standard InChI is InChI=1S/C27H21N3O3S/c1-16-7-3-6-10-21(16)29-25(32)24-17(2)23-26(34-24)28-15-30(27(23)33)14-22(31)20-12-11-18-8-4-5-9-19(18)13-20/h3-13,15H,14H2,1-2H3,(H,29,32). The molecular formula is C27H21N3O3S. The third kappa shape index (κ3) is 3.91. The lowest BCUT2D eigenvalue weighted by atomic mass is 10.0. The topological polar surface area (TPSA) is 81.1 Å². The molecule has 1 N–H and O–H groups in total. The Morgan fingerprint density at radius 2 is 1.71 bits per heavy atom. The molecule has 5 rings (SSSR count). The maximum absolute atomic E-state index is 13.2. The maximum atomic E-state index is 13.2. The fraction of sp³-hybridized carbons (Fsp3) is 0.111. The number of hydrogen-bond acceptors (Lipinski definition) is 5. The van der Waals surface area contributed by atoms with Crippen molar-refractivity contribution in [3.8, 4) is 0 Å². The number of anilines is 1. The number of aromatic nitrogens is 2. The summed E-state index contributed by atoms with van der Waals surface area (Å²) in [6, 6.07) is 20.8. The van der Waals surface area contributed by atoms with Crippen molar-refractivity contribution in [3.63, 3.8) is 0 Å². The number of benzene rings is 3. The fourth-order valence-corrected chi connectivity index (χ4v) is 5.02. The van der Waals surface area contributed by atoms with Crippen LogP contribution in [0.3, 0.4) is 0 Å². The van der Waals surface area contributed by atoms with E-state index in [9.17, 15) is 14.4 Å². The smallest absolute Gasteiger partial charge is 0.266 e. The number of fused-ring (bicyclic) bond motifs is 2. The van der Waals surface area contributed by atoms with Crippen molar-refractivity contribution in [1.82, 2.24) is 9.55 Å². The summed E-state index contributed by atoms with van der Waals surface area (Å²) < 4.78 is 1.31. The molecule has 2 heterocycles. The quantitative estimate of drug-likeness (QED) is 0.353. The Kier molecular flexibility index (Phi) is 5.55. The highest BCUT2D eigenvalue weighted by molar-refractivity contribution is 7.20. The van der Waals surface area contributed by atoms with E-state index in [1.165, 1.54) is 22.2 Å². The first-order chi connectivity index (χ1) is 16.4. The molecular weight excluding hydrogens is 446 g/mol. The highest BCUT2D eigenvalue weighted by atomic mass is 32.1. The molecule has 5 aromatic rings. The highest BCUT2D eigenvalue weighted by Gasteiger charge is 2.21. The fourth-order valence-electron chi connectivity index (χ4n) is 3.99. The summed E-state index contributed by atoms with van der Waals surface area (Å²) >= 11 is 1.18. The van der Waals surface area contributed by atoms with E-state index >= 15 is 0 Å². The van der Waals surface area contributed by atoms with Crippen molar-refractivity contribution in [1.29, 1.82) is 0 Å². The van der Waals surface area contributed by atoms with Crippen LogP contribution in [0.1, 0.15) is 31.2 Å². The molecule has 2 aromatic heterocycles. The van der Waals surface area contributed by atoms with Crippen LogP contribution in [-0.4, -0.2) is 21.2 Å². The number of para-hydroxylation sites is 1. The van der Waals surface area contributed by atoms with Gasteiger partial charge >= 0.3 is 0 Å². The Morgan fingerprint density at radius 3 is 2.50 bits per heavy atom. The SMILES string of the molecule is Cc1ccccc1NC(=O)c1sc2ncn(CC(=O)c3ccc4ccccc4c3)c(=O)c2c1C. The van der Waals surface area contributed by atoms with Crippen LogP contribution in [0.4, 0.5) is 5.69 Å². The molecule has 0 atom stereocenters. The summed E-state index contributed by atoms with van der Waals surface area (Å²) in [5.41, 5.74) is 2.43. The molecule has 0 saturated carbocycles. The minimum absolute atomic E-state index is 0.125. The zero-order valence-corrected chi connectivity index (χ0v) is 19.5. The van der Waals surface area contributed by atoms with Gasteiger partial charge < -0.3 is 5.32 Å². The number of hydrogen-bond donors (Lipinski definition) is 1. The van der Waals surface area contributed by atoms with Gasteiger partial charge in [0.05, 0.1) is 23.1 Å². The Labute approximate surface area is 199 Å². The Balaban J connectivity index is 1.45. The van der Waals surface area contributed by atoms with Crippen molar-refractivity contribution < 1.29 is 9.59 Å². The van der Waals surface area contributed by atoms with Crippen LogP contribution in [0.25, 0.3) is 21.0 Å². The number of carbonyl (C=O) groups is 2. The third-order valence-electron chi connectivity index (χ3n) is 5.90. The van der Waals surface area contributed by atoms with Crippen molar-refractivity contribution in [3.05, 3.63) is 105 Å². The van der Waals surface area contributed by atoms with E-state index in [0.717, 1.165) is 22.0 Å². The van der Waals surface area contributed by atoms with Gasteiger partial charge in [-0.2, -0.15) is 0 Å². The van der Waals surface area contributed by atoms with Gasteiger partial charge in [0, 0.05) is 11.3 Å². The van der Waals surface area contributed by atoms with Gasteiger partial charge in [-0.15, -0.1) is 11.3 Å².